The molecule has 0 saturated heterocycles. The summed E-state index contributed by atoms with van der Waals surface area (Å²) in [6, 6.07) is 0. The van der Waals surface area contributed by atoms with Gasteiger partial charge in [-0.15, -0.1) is 23.2 Å². The maximum absolute atomic E-state index is 13.8. The summed E-state index contributed by atoms with van der Waals surface area (Å²) in [4.78, 5) is 25.1. The van der Waals surface area contributed by atoms with Gasteiger partial charge in [0.2, 0.25) is 5.91 Å². The van der Waals surface area contributed by atoms with Gasteiger partial charge in [0.1, 0.15) is 18.9 Å². The quantitative estimate of drug-likeness (QED) is 0.475. The van der Waals surface area contributed by atoms with Gasteiger partial charge in [-0.05, 0) is 70.6 Å². The predicted octanol–water partition coefficient (Wildman–Crippen LogP) is 3.71. The number of carbonyl (C=O) groups excluding carboxylic acids is 2. The topological polar surface area (TPSA) is 96.9 Å². The second-order valence-corrected chi connectivity index (χ2v) is 11.6. The minimum Gasteiger partial charge on any atom is -0.446 e. The van der Waals surface area contributed by atoms with Crippen molar-refractivity contribution in [3.63, 3.8) is 0 Å². The van der Waals surface area contributed by atoms with Crippen molar-refractivity contribution in [2.75, 3.05) is 6.61 Å². The number of aliphatic hydroxyl groups excluding tert-OH is 1. The van der Waals surface area contributed by atoms with Crippen LogP contribution in [0.1, 0.15) is 77.0 Å². The summed E-state index contributed by atoms with van der Waals surface area (Å²) in [5.41, 5.74) is -1.23. The molecule has 188 valence electrons. The third-order valence-corrected chi connectivity index (χ3v) is 8.98. The standard InChI is InChI=1S/C23H35Cl2FN2O5/c24-14-1-3-15(4-2-14)33-21(31)28-23-9-7-22(8-10-23,12-19(23)29)27-20(30)13-32-16-5-6-17(25)18(26)11-16/h14-19,29H,1-13H2,(H,27,30)(H,28,31). The maximum Gasteiger partial charge on any atom is 0.407 e. The minimum atomic E-state index is -1.11. The number of nitrogens with one attached hydrogen (secondary N) is 2. The Bertz CT molecular complexity index is 713. The number of aliphatic hydroxyl groups is 1. The van der Waals surface area contributed by atoms with Crippen LogP contribution in [-0.4, -0.2) is 70.0 Å². The molecule has 0 radical (unpaired) electrons. The summed E-state index contributed by atoms with van der Waals surface area (Å²) in [7, 11) is 0. The normalized spacial score (nSPS) is 43.0. The van der Waals surface area contributed by atoms with Crippen molar-refractivity contribution in [3.8, 4) is 0 Å². The van der Waals surface area contributed by atoms with Crippen LogP contribution in [0.4, 0.5) is 9.18 Å². The predicted molar refractivity (Wildman–Crippen MR) is 122 cm³/mol. The molecule has 0 spiro atoms. The first-order chi connectivity index (χ1) is 15.7. The second-order valence-electron chi connectivity index (χ2n) is 10.4. The molecule has 0 aromatic heterocycles. The number of hydrogen-bond acceptors (Lipinski definition) is 5. The smallest absolute Gasteiger partial charge is 0.407 e. The number of carbonyl (C=O) groups is 2. The van der Waals surface area contributed by atoms with Crippen molar-refractivity contribution in [2.45, 2.75) is 123 Å². The number of fused-ring (bicyclic) bond motifs is 3. The monoisotopic (exact) mass is 508 g/mol. The van der Waals surface area contributed by atoms with Crippen LogP contribution in [0.5, 0.6) is 0 Å². The molecule has 5 aliphatic rings. The first-order valence-corrected chi connectivity index (χ1v) is 13.1. The molecular formula is C23H35Cl2FN2O5. The molecular weight excluding hydrogens is 474 g/mol. The van der Waals surface area contributed by atoms with Crippen LogP contribution >= 0.6 is 23.2 Å². The Balaban J connectivity index is 1.23. The lowest BCUT2D eigenvalue weighted by molar-refractivity contribution is -0.135. The van der Waals surface area contributed by atoms with E-state index in [1.807, 2.05) is 0 Å². The van der Waals surface area contributed by atoms with Gasteiger partial charge in [0.05, 0.1) is 23.1 Å². The van der Waals surface area contributed by atoms with E-state index in [4.69, 9.17) is 32.7 Å². The number of alkyl carbamates (subject to hydrolysis) is 1. The first-order valence-electron chi connectivity index (χ1n) is 12.2. The van der Waals surface area contributed by atoms with E-state index in [9.17, 15) is 19.1 Å². The van der Waals surface area contributed by atoms with Crippen molar-refractivity contribution in [1.82, 2.24) is 10.6 Å². The van der Waals surface area contributed by atoms with Crippen molar-refractivity contribution >= 4 is 35.2 Å². The molecule has 2 bridgehead atoms. The lowest BCUT2D eigenvalue weighted by atomic mass is 9.60. The van der Waals surface area contributed by atoms with Crippen molar-refractivity contribution in [2.24, 2.45) is 0 Å². The van der Waals surface area contributed by atoms with Gasteiger partial charge in [-0.3, -0.25) is 4.79 Å². The molecule has 10 heteroatoms. The molecule has 5 aliphatic carbocycles. The third-order valence-electron chi connectivity index (χ3n) is 8.05. The average Bonchev–Trinajstić information content (AvgIpc) is 2.77. The number of amides is 2. The van der Waals surface area contributed by atoms with Crippen molar-refractivity contribution in [1.29, 1.82) is 0 Å². The second kappa shape index (κ2) is 10.4. The van der Waals surface area contributed by atoms with E-state index in [1.165, 1.54) is 0 Å². The van der Waals surface area contributed by atoms with Gasteiger partial charge >= 0.3 is 6.09 Å². The van der Waals surface area contributed by atoms with Gasteiger partial charge in [-0.25, -0.2) is 9.18 Å². The molecule has 7 nitrogen and oxygen atoms in total. The first kappa shape index (κ1) is 25.3. The lowest BCUT2D eigenvalue weighted by Crippen LogP contribution is -2.70. The highest BCUT2D eigenvalue weighted by molar-refractivity contribution is 6.21. The molecule has 5 saturated carbocycles. The zero-order valence-electron chi connectivity index (χ0n) is 18.9. The average molecular weight is 509 g/mol. The Labute approximate surface area is 204 Å². The highest BCUT2D eigenvalue weighted by Crippen LogP contribution is 2.47. The summed E-state index contributed by atoms with van der Waals surface area (Å²) in [6.07, 6.45) is 4.54. The van der Waals surface area contributed by atoms with Crippen LogP contribution in [0.3, 0.4) is 0 Å². The molecule has 5 rings (SSSR count). The fourth-order valence-corrected chi connectivity index (χ4v) is 6.39. The van der Waals surface area contributed by atoms with Crippen LogP contribution in [0.15, 0.2) is 0 Å². The largest absolute Gasteiger partial charge is 0.446 e. The molecule has 4 atom stereocenters. The van der Waals surface area contributed by atoms with Gasteiger partial charge in [-0.2, -0.15) is 0 Å². The number of halogens is 3. The van der Waals surface area contributed by atoms with Gasteiger partial charge in [-0.1, -0.05) is 0 Å². The number of hydrogen-bond donors (Lipinski definition) is 3. The van der Waals surface area contributed by atoms with Gasteiger partial charge in [0.25, 0.3) is 0 Å². The zero-order valence-corrected chi connectivity index (χ0v) is 20.4. The van der Waals surface area contributed by atoms with E-state index in [0.29, 0.717) is 44.9 Å². The van der Waals surface area contributed by atoms with Gasteiger partial charge in [0.15, 0.2) is 0 Å². The van der Waals surface area contributed by atoms with Crippen LogP contribution < -0.4 is 10.6 Å². The summed E-state index contributed by atoms with van der Waals surface area (Å²) < 4.78 is 25.0. The Morgan fingerprint density at radius 2 is 1.64 bits per heavy atom. The van der Waals surface area contributed by atoms with E-state index < -0.39 is 34.8 Å². The van der Waals surface area contributed by atoms with Crippen LogP contribution in [0.25, 0.3) is 0 Å². The fraction of sp³-hybridized carbons (Fsp3) is 0.913. The maximum atomic E-state index is 13.8. The Hall–Kier alpha value is -0.830. The molecule has 4 unspecified atom stereocenters. The summed E-state index contributed by atoms with van der Waals surface area (Å²) in [5.74, 6) is -0.262. The minimum absolute atomic E-state index is 0.133. The van der Waals surface area contributed by atoms with Crippen LogP contribution in [0, 0.1) is 0 Å². The van der Waals surface area contributed by atoms with E-state index in [2.05, 4.69) is 10.6 Å². The zero-order chi connectivity index (χ0) is 23.6. The van der Waals surface area contributed by atoms with Crippen LogP contribution in [0.2, 0.25) is 0 Å². The molecule has 33 heavy (non-hydrogen) atoms. The molecule has 0 aliphatic heterocycles. The molecule has 5 fully saturated rings. The Morgan fingerprint density at radius 3 is 2.27 bits per heavy atom. The molecule has 0 heterocycles. The van der Waals surface area contributed by atoms with Gasteiger partial charge in [0, 0.05) is 17.3 Å². The Morgan fingerprint density at radius 1 is 0.970 bits per heavy atom. The van der Waals surface area contributed by atoms with E-state index >= 15 is 0 Å². The van der Waals surface area contributed by atoms with E-state index in [1.54, 1.807) is 0 Å². The third kappa shape index (κ3) is 6.06. The highest BCUT2D eigenvalue weighted by atomic mass is 35.5. The number of alkyl halides is 3. The Kier molecular flexibility index (Phi) is 7.98. The van der Waals surface area contributed by atoms with E-state index in [-0.39, 0.29) is 36.5 Å². The van der Waals surface area contributed by atoms with Crippen molar-refractivity contribution < 1.29 is 28.6 Å². The molecule has 3 N–H and O–H groups in total. The van der Waals surface area contributed by atoms with Crippen molar-refractivity contribution in [3.05, 3.63) is 0 Å². The number of rotatable bonds is 6. The fourth-order valence-electron chi connectivity index (χ4n) is 5.91. The SMILES string of the molecule is O=C(COC1CCC(Cl)C(F)C1)NC12CCC(NC(=O)OC3CCC(Cl)CC3)(CC1)C(O)C2. The van der Waals surface area contributed by atoms with E-state index in [0.717, 1.165) is 25.7 Å². The molecule has 2 amide bonds. The lowest BCUT2D eigenvalue weighted by Gasteiger charge is -2.56. The summed E-state index contributed by atoms with van der Waals surface area (Å²) in [5, 5.41) is 16.6. The number of ether oxygens (including phenoxy) is 2. The van der Waals surface area contributed by atoms with Gasteiger partial charge < -0.3 is 25.2 Å². The summed E-state index contributed by atoms with van der Waals surface area (Å²) in [6.45, 7) is -0.136. The molecule has 0 aromatic rings. The highest BCUT2D eigenvalue weighted by Gasteiger charge is 2.55. The summed E-state index contributed by atoms with van der Waals surface area (Å²) >= 11 is 12.0. The van der Waals surface area contributed by atoms with Crippen LogP contribution in [-0.2, 0) is 14.3 Å². The molecule has 0 aromatic carbocycles.